The van der Waals surface area contributed by atoms with Crippen LogP contribution < -0.4 is 0 Å². The average molecular weight is 401 g/mol. The summed E-state index contributed by atoms with van der Waals surface area (Å²) >= 11 is 3.52. The minimum absolute atomic E-state index is 0.225. The van der Waals surface area contributed by atoms with E-state index in [1.54, 1.807) is 0 Å². The molecule has 0 aromatic carbocycles. The van der Waals surface area contributed by atoms with E-state index in [0.717, 1.165) is 37.7 Å². The Morgan fingerprint density at radius 3 is 2.92 bits per heavy atom. The van der Waals surface area contributed by atoms with Crippen LogP contribution in [0.25, 0.3) is 6.08 Å². The first kappa shape index (κ1) is 19.7. The zero-order valence-electron chi connectivity index (χ0n) is 15.2. The lowest BCUT2D eigenvalue weighted by molar-refractivity contribution is 0.0833. The van der Waals surface area contributed by atoms with Crippen molar-refractivity contribution in [2.45, 2.75) is 32.7 Å². The highest BCUT2D eigenvalue weighted by atomic mass is 79.9. The van der Waals surface area contributed by atoms with Gasteiger partial charge in [0.05, 0.1) is 6.61 Å². The van der Waals surface area contributed by atoms with Crippen molar-refractivity contribution in [1.29, 1.82) is 0 Å². The minimum atomic E-state index is -0.392. The Labute approximate surface area is 154 Å². The molecule has 136 valence electrons. The summed E-state index contributed by atoms with van der Waals surface area (Å²) in [7, 11) is 4.36. The number of hydrogen-bond donors (Lipinski definition) is 0. The summed E-state index contributed by atoms with van der Waals surface area (Å²) in [5, 5.41) is 0.987. The normalized spacial score (nSPS) is 17.8. The van der Waals surface area contributed by atoms with E-state index in [0.29, 0.717) is 12.5 Å². The molecule has 0 N–H and O–H groups in total. The number of alkyl halides is 2. The van der Waals surface area contributed by atoms with Crippen molar-refractivity contribution >= 4 is 22.0 Å². The summed E-state index contributed by atoms with van der Waals surface area (Å²) in [5.74, 6) is 0.503. The lowest BCUT2D eigenvalue weighted by Crippen LogP contribution is -2.22. The second kappa shape index (κ2) is 9.73. The summed E-state index contributed by atoms with van der Waals surface area (Å²) in [6.07, 6.45) is 7.64. The van der Waals surface area contributed by atoms with Crippen LogP contribution in [0.2, 0.25) is 0 Å². The predicted molar refractivity (Wildman–Crippen MR) is 103 cm³/mol. The zero-order valence-corrected chi connectivity index (χ0v) is 16.7. The maximum absolute atomic E-state index is 12.2. The van der Waals surface area contributed by atoms with Crippen LogP contribution >= 0.6 is 15.9 Å². The van der Waals surface area contributed by atoms with E-state index in [4.69, 9.17) is 4.74 Å². The van der Waals surface area contributed by atoms with E-state index >= 15 is 0 Å². The van der Waals surface area contributed by atoms with Gasteiger partial charge >= 0.3 is 0 Å². The second-order valence-corrected chi connectivity index (χ2v) is 7.44. The van der Waals surface area contributed by atoms with Gasteiger partial charge < -0.3 is 9.30 Å². The number of nitrogens with zero attached hydrogens (tertiary/aromatic N) is 2. The third kappa shape index (κ3) is 4.70. The summed E-state index contributed by atoms with van der Waals surface area (Å²) < 4.78 is 20.1. The molecule has 3 nitrogen and oxygen atoms in total. The molecule has 2 rings (SSSR count). The van der Waals surface area contributed by atoms with E-state index in [9.17, 15) is 4.39 Å². The quantitative estimate of drug-likeness (QED) is 0.460. The van der Waals surface area contributed by atoms with Gasteiger partial charge in [-0.15, -0.1) is 0 Å². The molecular weight excluding hydrogens is 371 g/mol. The van der Waals surface area contributed by atoms with Gasteiger partial charge in [0.15, 0.2) is 0 Å². The zero-order chi connectivity index (χ0) is 17.5. The van der Waals surface area contributed by atoms with Crippen molar-refractivity contribution < 1.29 is 9.13 Å². The highest BCUT2D eigenvalue weighted by Crippen LogP contribution is 2.33. The Kier molecular flexibility index (Phi) is 7.98. The fraction of sp³-hybridized carbons (Fsp3) is 0.684. The Morgan fingerprint density at radius 1 is 1.46 bits per heavy atom. The van der Waals surface area contributed by atoms with Crippen LogP contribution in [0.15, 0.2) is 6.08 Å². The van der Waals surface area contributed by atoms with Crippen molar-refractivity contribution in [3.63, 3.8) is 0 Å². The fourth-order valence-corrected chi connectivity index (χ4v) is 4.24. The topological polar surface area (TPSA) is 17.4 Å². The maximum Gasteiger partial charge on any atom is 0.113 e. The molecule has 5 heteroatoms. The van der Waals surface area contributed by atoms with Crippen LogP contribution in [0.3, 0.4) is 0 Å². The predicted octanol–water partition coefficient (Wildman–Crippen LogP) is 3.98. The van der Waals surface area contributed by atoms with E-state index in [1.165, 1.54) is 22.5 Å². The lowest BCUT2D eigenvalue weighted by atomic mass is 9.86. The van der Waals surface area contributed by atoms with Crippen molar-refractivity contribution in [2.75, 3.05) is 38.8 Å². The number of ether oxygens (including phenoxy) is 1. The van der Waals surface area contributed by atoms with E-state index in [1.807, 2.05) is 0 Å². The molecule has 24 heavy (non-hydrogen) atoms. The number of fused-ring (bicyclic) bond motifs is 1. The smallest absolute Gasteiger partial charge is 0.113 e. The van der Waals surface area contributed by atoms with Gasteiger partial charge in [-0.05, 0) is 50.3 Å². The molecule has 0 bridgehead atoms. The Bertz CT molecular complexity index is 556. The first-order valence-corrected chi connectivity index (χ1v) is 9.94. The van der Waals surface area contributed by atoms with Gasteiger partial charge in [0, 0.05) is 43.5 Å². The van der Waals surface area contributed by atoms with Gasteiger partial charge in [-0.2, -0.15) is 0 Å². The summed E-state index contributed by atoms with van der Waals surface area (Å²) in [6.45, 7) is 4.57. The van der Waals surface area contributed by atoms with Crippen LogP contribution in [0.5, 0.6) is 0 Å². The van der Waals surface area contributed by atoms with Crippen LogP contribution in [-0.4, -0.2) is 48.3 Å². The number of aromatic nitrogens is 1. The Balaban J connectivity index is 2.23. The molecule has 0 spiro atoms. The molecule has 1 aliphatic rings. The van der Waals surface area contributed by atoms with Crippen molar-refractivity contribution in [2.24, 2.45) is 13.0 Å². The van der Waals surface area contributed by atoms with E-state index in [2.05, 4.69) is 58.6 Å². The van der Waals surface area contributed by atoms with Crippen LogP contribution in [-0.2, 0) is 31.2 Å². The van der Waals surface area contributed by atoms with Gasteiger partial charge in [0.25, 0.3) is 0 Å². The first-order chi connectivity index (χ1) is 11.6. The molecule has 0 fully saturated rings. The molecule has 1 unspecified atom stereocenters. The molecule has 0 saturated carbocycles. The fourth-order valence-electron chi connectivity index (χ4n) is 3.63. The molecule has 0 amide bonds. The average Bonchev–Trinajstić information content (AvgIpc) is 2.81. The monoisotopic (exact) mass is 400 g/mol. The van der Waals surface area contributed by atoms with Crippen molar-refractivity contribution in [3.8, 4) is 0 Å². The molecule has 0 radical (unpaired) electrons. The van der Waals surface area contributed by atoms with Gasteiger partial charge in [-0.1, -0.05) is 28.1 Å². The molecular formula is C19H30BrFN2O. The first-order valence-electron chi connectivity index (χ1n) is 8.82. The largest absolute Gasteiger partial charge is 0.378 e. The molecule has 0 saturated heterocycles. The molecule has 0 aliphatic heterocycles. The van der Waals surface area contributed by atoms with Gasteiger partial charge in [-0.3, -0.25) is 4.90 Å². The minimum Gasteiger partial charge on any atom is -0.378 e. The number of halogens is 2. The highest BCUT2D eigenvalue weighted by Gasteiger charge is 2.27. The maximum atomic E-state index is 12.2. The van der Waals surface area contributed by atoms with Gasteiger partial charge in [0.2, 0.25) is 0 Å². The van der Waals surface area contributed by atoms with E-state index in [-0.39, 0.29) is 6.61 Å². The molecule has 1 heterocycles. The molecule has 1 atom stereocenters. The van der Waals surface area contributed by atoms with Crippen LogP contribution in [0.1, 0.15) is 35.9 Å². The summed E-state index contributed by atoms with van der Waals surface area (Å²) in [4.78, 5) is 2.35. The van der Waals surface area contributed by atoms with E-state index < -0.39 is 6.67 Å². The SMILES string of the molecule is C/C=C\c1c2c(n(C)c1CN(C)CCBr)CCC(COCCF)C2. The Morgan fingerprint density at radius 2 is 2.25 bits per heavy atom. The second-order valence-electron chi connectivity index (χ2n) is 6.64. The molecule has 1 aromatic heterocycles. The summed E-state index contributed by atoms with van der Waals surface area (Å²) in [6, 6.07) is 0. The standard InChI is InChI=1S/C19H30BrFN2O/c1-4-5-16-17-12-15(14-24-11-9-21)6-7-18(17)23(3)19(16)13-22(2)10-8-20/h4-5,15H,6-14H2,1-3H3/b5-4-. The number of allylic oxidation sites excluding steroid dienone is 1. The third-order valence-corrected chi connectivity index (χ3v) is 5.23. The van der Waals surface area contributed by atoms with Crippen LogP contribution in [0.4, 0.5) is 4.39 Å². The lowest BCUT2D eigenvalue weighted by Gasteiger charge is -2.23. The number of hydrogen-bond acceptors (Lipinski definition) is 2. The highest BCUT2D eigenvalue weighted by molar-refractivity contribution is 9.09. The van der Waals surface area contributed by atoms with Gasteiger partial charge in [0.1, 0.15) is 6.67 Å². The van der Waals surface area contributed by atoms with Gasteiger partial charge in [-0.25, -0.2) is 4.39 Å². The molecule has 1 aromatic rings. The summed E-state index contributed by atoms with van der Waals surface area (Å²) in [5.41, 5.74) is 5.71. The number of rotatable bonds is 9. The van der Waals surface area contributed by atoms with Crippen LogP contribution in [0, 0.1) is 5.92 Å². The van der Waals surface area contributed by atoms with Crippen molar-refractivity contribution in [1.82, 2.24) is 9.47 Å². The molecule has 1 aliphatic carbocycles. The van der Waals surface area contributed by atoms with Crippen molar-refractivity contribution in [3.05, 3.63) is 28.6 Å². The third-order valence-electron chi connectivity index (χ3n) is 4.87. The Hall–Kier alpha value is -0.650.